The van der Waals surface area contributed by atoms with E-state index in [0.717, 1.165) is 5.56 Å². The fourth-order valence-corrected chi connectivity index (χ4v) is 1.93. The summed E-state index contributed by atoms with van der Waals surface area (Å²) in [7, 11) is 0. The van der Waals surface area contributed by atoms with Gasteiger partial charge in [-0.2, -0.15) is 0 Å². The van der Waals surface area contributed by atoms with Crippen LogP contribution in [-0.2, 0) is 0 Å². The molecule has 0 aliphatic heterocycles. The lowest BCUT2D eigenvalue weighted by molar-refractivity contribution is 0.641. The third kappa shape index (κ3) is 1.85. The van der Waals surface area contributed by atoms with Gasteiger partial charge in [0.2, 0.25) is 0 Å². The molecule has 0 fully saturated rings. The molecule has 1 aromatic carbocycles. The molecule has 4 heteroatoms. The molecular weight excluding hydrogens is 199 g/mol. The molecule has 1 aromatic heterocycles. The van der Waals surface area contributed by atoms with E-state index in [1.165, 1.54) is 17.4 Å². The van der Waals surface area contributed by atoms with Gasteiger partial charge < -0.3 is 5.73 Å². The lowest BCUT2D eigenvalue weighted by Gasteiger charge is -1.93. The fourth-order valence-electron chi connectivity index (χ4n) is 1.12. The standard InChI is InChI=1S/C8H7FN2S.C2H6/c1-4-2-3-5(9)7-6(4)11-8(10)12-7;1-2/h2-3H,1H3,(H2,10,11);1-2H3. The number of hydrogen-bond acceptors (Lipinski definition) is 3. The van der Waals surface area contributed by atoms with Crippen molar-refractivity contribution in [1.82, 2.24) is 4.98 Å². The molecule has 2 aromatic rings. The number of anilines is 1. The first-order chi connectivity index (χ1) is 6.68. The Kier molecular flexibility index (Phi) is 3.41. The van der Waals surface area contributed by atoms with Gasteiger partial charge in [0.15, 0.2) is 5.13 Å². The summed E-state index contributed by atoms with van der Waals surface area (Å²) in [5.74, 6) is -0.246. The molecule has 0 unspecified atom stereocenters. The maximum absolute atomic E-state index is 13.1. The van der Waals surface area contributed by atoms with Crippen LogP contribution in [0.5, 0.6) is 0 Å². The average Bonchev–Trinajstić information content (AvgIpc) is 2.58. The van der Waals surface area contributed by atoms with Crippen LogP contribution in [-0.4, -0.2) is 4.98 Å². The number of thiazole rings is 1. The van der Waals surface area contributed by atoms with E-state index in [9.17, 15) is 4.39 Å². The molecule has 0 aliphatic carbocycles. The summed E-state index contributed by atoms with van der Waals surface area (Å²) >= 11 is 1.18. The second kappa shape index (κ2) is 4.37. The van der Waals surface area contributed by atoms with Gasteiger partial charge in [0, 0.05) is 0 Å². The van der Waals surface area contributed by atoms with Gasteiger partial charge in [-0.05, 0) is 18.6 Å². The molecule has 0 spiro atoms. The first-order valence-corrected chi connectivity index (χ1v) is 5.31. The molecular formula is C10H13FN2S. The molecule has 0 saturated heterocycles. The van der Waals surface area contributed by atoms with Crippen LogP contribution in [0.15, 0.2) is 12.1 Å². The van der Waals surface area contributed by atoms with Gasteiger partial charge in [-0.15, -0.1) is 0 Å². The highest BCUT2D eigenvalue weighted by molar-refractivity contribution is 7.22. The fraction of sp³-hybridized carbons (Fsp3) is 0.300. The van der Waals surface area contributed by atoms with Crippen molar-refractivity contribution >= 4 is 26.7 Å². The van der Waals surface area contributed by atoms with Gasteiger partial charge in [-0.25, -0.2) is 9.37 Å². The van der Waals surface area contributed by atoms with Gasteiger partial charge in [-0.1, -0.05) is 31.3 Å². The monoisotopic (exact) mass is 212 g/mol. The van der Waals surface area contributed by atoms with E-state index in [1.807, 2.05) is 20.8 Å². The van der Waals surface area contributed by atoms with Crippen LogP contribution < -0.4 is 5.73 Å². The molecule has 0 aliphatic rings. The third-order valence-electron chi connectivity index (χ3n) is 1.71. The second-order valence-electron chi connectivity index (χ2n) is 2.59. The van der Waals surface area contributed by atoms with Gasteiger partial charge in [0.05, 0.1) is 10.2 Å². The van der Waals surface area contributed by atoms with Crippen LogP contribution in [0.4, 0.5) is 9.52 Å². The van der Waals surface area contributed by atoms with Crippen molar-refractivity contribution in [2.75, 3.05) is 5.73 Å². The topological polar surface area (TPSA) is 38.9 Å². The largest absolute Gasteiger partial charge is 0.375 e. The van der Waals surface area contributed by atoms with E-state index in [-0.39, 0.29) is 5.82 Å². The summed E-state index contributed by atoms with van der Waals surface area (Å²) in [6.45, 7) is 5.89. The van der Waals surface area contributed by atoms with Crippen LogP contribution in [0.25, 0.3) is 10.2 Å². The predicted octanol–water partition coefficient (Wildman–Crippen LogP) is 3.35. The number of fused-ring (bicyclic) bond motifs is 1. The van der Waals surface area contributed by atoms with Crippen molar-refractivity contribution in [3.63, 3.8) is 0 Å². The van der Waals surface area contributed by atoms with Crippen molar-refractivity contribution in [1.29, 1.82) is 0 Å². The highest BCUT2D eigenvalue weighted by Gasteiger charge is 2.07. The SMILES string of the molecule is CC.Cc1ccc(F)c2sc(N)nc12. The van der Waals surface area contributed by atoms with Crippen molar-refractivity contribution < 1.29 is 4.39 Å². The molecule has 0 atom stereocenters. The first kappa shape index (κ1) is 10.9. The molecule has 0 bridgehead atoms. The number of aromatic nitrogens is 1. The Labute approximate surface area is 86.6 Å². The van der Waals surface area contributed by atoms with Crippen molar-refractivity contribution in [2.45, 2.75) is 20.8 Å². The summed E-state index contributed by atoms with van der Waals surface area (Å²) in [5, 5.41) is 0.415. The average molecular weight is 212 g/mol. The van der Waals surface area contributed by atoms with E-state index in [1.54, 1.807) is 6.07 Å². The molecule has 2 N–H and O–H groups in total. The lowest BCUT2D eigenvalue weighted by Crippen LogP contribution is -1.82. The molecule has 0 radical (unpaired) electrons. The number of nitrogen functional groups attached to an aromatic ring is 1. The normalized spacial score (nSPS) is 9.71. The van der Waals surface area contributed by atoms with Crippen molar-refractivity contribution in [3.8, 4) is 0 Å². The van der Waals surface area contributed by atoms with Crippen molar-refractivity contribution in [3.05, 3.63) is 23.5 Å². The highest BCUT2D eigenvalue weighted by atomic mass is 32.1. The molecule has 1 heterocycles. The maximum Gasteiger partial charge on any atom is 0.181 e. The van der Waals surface area contributed by atoms with Gasteiger partial charge in [0.1, 0.15) is 5.82 Å². The first-order valence-electron chi connectivity index (χ1n) is 4.49. The minimum atomic E-state index is -0.246. The number of benzene rings is 1. The van der Waals surface area contributed by atoms with Crippen LogP contribution in [0, 0.1) is 12.7 Å². The number of hydrogen-bond donors (Lipinski definition) is 1. The predicted molar refractivity (Wildman–Crippen MR) is 60.1 cm³/mol. The summed E-state index contributed by atoms with van der Waals surface area (Å²) < 4.78 is 13.6. The Morgan fingerprint density at radius 3 is 2.57 bits per heavy atom. The van der Waals surface area contributed by atoms with Crippen LogP contribution in [0.3, 0.4) is 0 Å². The number of nitrogens with two attached hydrogens (primary N) is 1. The summed E-state index contributed by atoms with van der Waals surface area (Å²) in [5.41, 5.74) is 7.11. The van der Waals surface area contributed by atoms with Gasteiger partial charge >= 0.3 is 0 Å². The second-order valence-corrected chi connectivity index (χ2v) is 3.62. The number of halogens is 1. The van der Waals surface area contributed by atoms with E-state index in [2.05, 4.69) is 4.98 Å². The zero-order valence-corrected chi connectivity index (χ0v) is 9.28. The van der Waals surface area contributed by atoms with Crippen molar-refractivity contribution in [2.24, 2.45) is 0 Å². The maximum atomic E-state index is 13.1. The molecule has 0 saturated carbocycles. The Bertz CT molecular complexity index is 398. The molecule has 2 rings (SSSR count). The summed E-state index contributed by atoms with van der Waals surface area (Å²) in [6, 6.07) is 3.14. The van der Waals surface area contributed by atoms with E-state index < -0.39 is 0 Å². The Morgan fingerprint density at radius 2 is 2.00 bits per heavy atom. The molecule has 76 valence electrons. The molecule has 0 amide bonds. The number of nitrogens with zero attached hydrogens (tertiary/aromatic N) is 1. The van der Waals surface area contributed by atoms with E-state index >= 15 is 0 Å². The van der Waals surface area contributed by atoms with Crippen LogP contribution >= 0.6 is 11.3 Å². The highest BCUT2D eigenvalue weighted by Crippen LogP contribution is 2.28. The Balaban J connectivity index is 0.000000461. The Hall–Kier alpha value is -1.16. The van der Waals surface area contributed by atoms with Gasteiger partial charge in [-0.3, -0.25) is 0 Å². The van der Waals surface area contributed by atoms with Gasteiger partial charge in [0.25, 0.3) is 0 Å². The number of rotatable bonds is 0. The minimum Gasteiger partial charge on any atom is -0.375 e. The summed E-state index contributed by atoms with van der Waals surface area (Å²) in [6.07, 6.45) is 0. The Morgan fingerprint density at radius 1 is 1.36 bits per heavy atom. The molecule has 2 nitrogen and oxygen atoms in total. The van der Waals surface area contributed by atoms with E-state index in [0.29, 0.717) is 15.3 Å². The zero-order chi connectivity index (χ0) is 10.7. The minimum absolute atomic E-state index is 0.246. The number of aryl methyl sites for hydroxylation is 1. The smallest absolute Gasteiger partial charge is 0.181 e. The van der Waals surface area contributed by atoms with Crippen LogP contribution in [0.1, 0.15) is 19.4 Å². The lowest BCUT2D eigenvalue weighted by atomic mass is 10.2. The quantitative estimate of drug-likeness (QED) is 0.727. The summed E-state index contributed by atoms with van der Waals surface area (Å²) in [4.78, 5) is 4.03. The van der Waals surface area contributed by atoms with Crippen LogP contribution in [0.2, 0.25) is 0 Å². The zero-order valence-electron chi connectivity index (χ0n) is 8.47. The third-order valence-corrected chi connectivity index (χ3v) is 2.61. The molecule has 14 heavy (non-hydrogen) atoms. The van der Waals surface area contributed by atoms with E-state index in [4.69, 9.17) is 5.73 Å².